The summed E-state index contributed by atoms with van der Waals surface area (Å²) in [5, 5.41) is 10.3. The van der Waals surface area contributed by atoms with E-state index in [4.69, 9.17) is 16.3 Å². The van der Waals surface area contributed by atoms with Crippen LogP contribution in [0, 0.1) is 50.7 Å². The number of ether oxygens (including phenoxy) is 1. The number of carbonyl (C=O) groups excluding carboxylic acids is 2. The molecule has 1 heterocycles. The van der Waals surface area contributed by atoms with Crippen molar-refractivity contribution in [1.29, 1.82) is 0 Å². The fourth-order valence-corrected chi connectivity index (χ4v) is 13.9. The van der Waals surface area contributed by atoms with Crippen LogP contribution in [-0.2, 0) is 31.1 Å². The topological polar surface area (TPSA) is 108 Å². The number of carbonyl (C=O) groups is 3. The molecular formula is C46H63ClN2O6. The van der Waals surface area contributed by atoms with Crippen molar-refractivity contribution in [1.82, 2.24) is 9.36 Å². The Morgan fingerprint density at radius 3 is 2.22 bits per heavy atom. The smallest absolute Gasteiger partial charge is 0.309 e. The zero-order chi connectivity index (χ0) is 40.3. The average Bonchev–Trinajstić information content (AvgIpc) is 3.60. The van der Waals surface area contributed by atoms with Gasteiger partial charge in [-0.25, -0.2) is 4.68 Å². The van der Waals surface area contributed by atoms with Gasteiger partial charge in [-0.1, -0.05) is 60.1 Å². The summed E-state index contributed by atoms with van der Waals surface area (Å²) in [6.07, 6.45) is 7.76. The molecule has 1 aromatic carbocycles. The molecule has 1 N–H and O–H groups in total. The number of carboxylic acids is 1. The van der Waals surface area contributed by atoms with Crippen LogP contribution in [0.2, 0.25) is 5.02 Å². The average molecular weight is 775 g/mol. The predicted molar refractivity (Wildman–Crippen MR) is 215 cm³/mol. The fourth-order valence-electron chi connectivity index (χ4n) is 13.8. The van der Waals surface area contributed by atoms with E-state index in [1.807, 2.05) is 30.3 Å². The molecule has 4 saturated carbocycles. The number of carboxylic acid groups (broad SMARTS) is 1. The van der Waals surface area contributed by atoms with Crippen LogP contribution in [0.3, 0.4) is 0 Å². The molecule has 8 nitrogen and oxygen atoms in total. The number of aliphatic carboxylic acids is 1. The maximum absolute atomic E-state index is 14.4. The molecule has 2 aromatic rings. The Kier molecular flexibility index (Phi) is 9.63. The minimum absolute atomic E-state index is 0.0266. The second kappa shape index (κ2) is 13.2. The highest BCUT2D eigenvalue weighted by molar-refractivity contribution is 6.30. The number of Topliss-reactive ketones (excluding diaryl/α,β-unsaturated/α-hetero) is 1. The van der Waals surface area contributed by atoms with Gasteiger partial charge >= 0.3 is 11.9 Å². The Labute approximate surface area is 332 Å². The summed E-state index contributed by atoms with van der Waals surface area (Å²) in [6, 6.07) is 9.25. The van der Waals surface area contributed by atoms with Gasteiger partial charge in [-0.2, -0.15) is 0 Å². The number of allylic oxidation sites excluding steroid dienone is 2. The molecule has 0 amide bonds. The van der Waals surface area contributed by atoms with E-state index in [0.29, 0.717) is 29.8 Å². The maximum atomic E-state index is 14.4. The van der Waals surface area contributed by atoms with Gasteiger partial charge in [0.05, 0.1) is 23.2 Å². The number of nitrogens with zero attached hydrogens (tertiary/aromatic N) is 2. The molecule has 1 aromatic heterocycles. The van der Waals surface area contributed by atoms with Crippen molar-refractivity contribution in [2.24, 2.45) is 50.7 Å². The molecule has 0 radical (unpaired) electrons. The Hall–Kier alpha value is -3.13. The summed E-state index contributed by atoms with van der Waals surface area (Å²) in [4.78, 5) is 53.3. The largest absolute Gasteiger partial charge is 0.481 e. The summed E-state index contributed by atoms with van der Waals surface area (Å²) in [7, 11) is 0. The molecule has 0 spiro atoms. The van der Waals surface area contributed by atoms with E-state index in [0.717, 1.165) is 68.3 Å². The summed E-state index contributed by atoms with van der Waals surface area (Å²) in [6.45, 7) is 22.4. The third-order valence-corrected chi connectivity index (χ3v) is 16.9. The van der Waals surface area contributed by atoms with Crippen molar-refractivity contribution in [3.05, 3.63) is 62.5 Å². The molecule has 55 heavy (non-hydrogen) atoms. The van der Waals surface area contributed by atoms with E-state index < -0.39 is 22.8 Å². The fraction of sp³-hybridized carbons (Fsp3) is 0.696. The number of benzene rings is 1. The molecule has 5 aliphatic carbocycles. The molecule has 7 rings (SSSR count). The number of hydrogen-bond donors (Lipinski definition) is 1. The maximum Gasteiger partial charge on any atom is 0.309 e. The third kappa shape index (κ3) is 5.71. The van der Waals surface area contributed by atoms with Gasteiger partial charge in [-0.15, -0.1) is 0 Å². The minimum atomic E-state index is -1.17. The molecule has 0 unspecified atom stereocenters. The predicted octanol–water partition coefficient (Wildman–Crippen LogP) is 9.96. The van der Waals surface area contributed by atoms with Gasteiger partial charge in [0.15, 0.2) is 5.78 Å². The van der Waals surface area contributed by atoms with E-state index in [1.54, 1.807) is 18.5 Å². The Morgan fingerprint density at radius 1 is 0.927 bits per heavy atom. The first-order valence-electron chi connectivity index (χ1n) is 20.9. The van der Waals surface area contributed by atoms with E-state index in [-0.39, 0.29) is 57.4 Å². The van der Waals surface area contributed by atoms with E-state index in [9.17, 15) is 24.3 Å². The number of halogens is 1. The summed E-state index contributed by atoms with van der Waals surface area (Å²) in [5.74, 6) is -0.0396. The summed E-state index contributed by atoms with van der Waals surface area (Å²) < 4.78 is 10.1. The van der Waals surface area contributed by atoms with Gasteiger partial charge in [0.1, 0.15) is 6.10 Å². The monoisotopic (exact) mass is 774 g/mol. The summed E-state index contributed by atoms with van der Waals surface area (Å²) in [5.41, 5.74) is 2.06. The normalized spacial score (nSPS) is 35.5. The van der Waals surface area contributed by atoms with E-state index in [1.165, 1.54) is 5.57 Å². The Morgan fingerprint density at radius 2 is 1.60 bits per heavy atom. The Balaban J connectivity index is 1.25. The second-order valence-corrected chi connectivity index (χ2v) is 20.8. The van der Waals surface area contributed by atoms with Gasteiger partial charge in [0, 0.05) is 34.9 Å². The van der Waals surface area contributed by atoms with Crippen LogP contribution >= 0.6 is 11.6 Å². The van der Waals surface area contributed by atoms with Crippen molar-refractivity contribution in [3.63, 3.8) is 0 Å². The first-order chi connectivity index (χ1) is 25.6. The highest BCUT2D eigenvalue weighted by Gasteiger charge is 2.70. The molecule has 9 heteroatoms. The van der Waals surface area contributed by atoms with Crippen LogP contribution in [0.5, 0.6) is 0 Å². The minimum Gasteiger partial charge on any atom is -0.481 e. The standard InChI is InChI=1S/C46H63ClN2O6/c1-11-48-34(24-36(51)49(48)29-14-12-28(47)13-15-29)46-23-22-44(9)30(39(46)38(27(2)3)31(50)25-46)16-17-33-43(8)20-19-35(55-37(52)26-41(4,5)40(53)54)42(6,7)32(43)18-21-45(33,44)10/h12-15,24,27,30,32-33,35H,11,16-23,25-26H2,1-10H3,(H,53,54)/t30-,32+,33-,35+,43+,44-,45-,46+/m1/s1. The number of aromatic nitrogens is 2. The van der Waals surface area contributed by atoms with Gasteiger partial charge < -0.3 is 9.84 Å². The Bertz CT molecular complexity index is 2000. The zero-order valence-corrected chi connectivity index (χ0v) is 35.6. The van der Waals surface area contributed by atoms with E-state index in [2.05, 4.69) is 60.1 Å². The number of rotatable bonds is 8. The van der Waals surface area contributed by atoms with E-state index >= 15 is 0 Å². The van der Waals surface area contributed by atoms with Gasteiger partial charge in [0.2, 0.25) is 0 Å². The second-order valence-electron chi connectivity index (χ2n) is 20.4. The van der Waals surface area contributed by atoms with Crippen molar-refractivity contribution in [3.8, 4) is 5.69 Å². The van der Waals surface area contributed by atoms with Crippen LogP contribution < -0.4 is 5.56 Å². The van der Waals surface area contributed by atoms with Crippen LogP contribution in [0.4, 0.5) is 0 Å². The molecule has 0 aliphatic heterocycles. The van der Waals surface area contributed by atoms with Crippen LogP contribution in [0.25, 0.3) is 5.69 Å². The lowest BCUT2D eigenvalue weighted by Crippen LogP contribution is -2.66. The van der Waals surface area contributed by atoms with Crippen LogP contribution in [0.15, 0.2) is 46.3 Å². The molecule has 0 bridgehead atoms. The van der Waals surface area contributed by atoms with Gasteiger partial charge in [-0.3, -0.25) is 23.9 Å². The molecular weight excluding hydrogens is 712 g/mol. The third-order valence-electron chi connectivity index (χ3n) is 16.7. The zero-order valence-electron chi connectivity index (χ0n) is 34.8. The lowest BCUT2D eigenvalue weighted by Gasteiger charge is -2.72. The van der Waals surface area contributed by atoms with Crippen LogP contribution in [0.1, 0.15) is 139 Å². The number of esters is 1. The lowest BCUT2D eigenvalue weighted by molar-refractivity contribution is -0.232. The SMILES string of the molecule is CCn1c([C@@]23CC[C@]4(C)[C@H](CC[C@@H]5[C@@]6(C)CC[C@H](OC(=O)CC(C)(C)C(=O)O)C(C)(C)[C@@H]6CC[C@]54C)C2=C(C(C)C)C(=O)C3)cc(=O)n1-c1ccc(Cl)cc1. The van der Waals surface area contributed by atoms with Gasteiger partial charge in [0.25, 0.3) is 5.56 Å². The number of ketones is 1. The van der Waals surface area contributed by atoms with Crippen molar-refractivity contribution in [2.75, 3.05) is 0 Å². The lowest BCUT2D eigenvalue weighted by atomic mass is 9.33. The van der Waals surface area contributed by atoms with Gasteiger partial charge in [-0.05, 0) is 147 Å². The molecule has 4 fully saturated rings. The first-order valence-corrected chi connectivity index (χ1v) is 21.3. The number of fused-ring (bicyclic) bond motifs is 7. The van der Waals surface area contributed by atoms with Crippen molar-refractivity contribution < 1.29 is 24.2 Å². The molecule has 0 saturated heterocycles. The van der Waals surface area contributed by atoms with Crippen LogP contribution in [-0.4, -0.2) is 38.3 Å². The van der Waals surface area contributed by atoms with Crippen molar-refractivity contribution >= 4 is 29.3 Å². The quantitative estimate of drug-likeness (QED) is 0.268. The van der Waals surface area contributed by atoms with Crippen molar-refractivity contribution in [2.45, 2.75) is 152 Å². The summed E-state index contributed by atoms with van der Waals surface area (Å²) >= 11 is 6.25. The first kappa shape index (κ1) is 40.1. The highest BCUT2D eigenvalue weighted by atomic mass is 35.5. The molecule has 8 atom stereocenters. The molecule has 300 valence electrons. The number of hydrogen-bond acceptors (Lipinski definition) is 5. The molecule has 5 aliphatic rings. The highest BCUT2D eigenvalue weighted by Crippen LogP contribution is 2.77.